The summed E-state index contributed by atoms with van der Waals surface area (Å²) in [5, 5.41) is 3.70. The first-order valence-corrected chi connectivity index (χ1v) is 6.58. The van der Waals surface area contributed by atoms with E-state index in [0.29, 0.717) is 0 Å². The number of fused-ring (bicyclic) bond motifs is 1. The Labute approximate surface area is 88.7 Å². The van der Waals surface area contributed by atoms with Crippen LogP contribution in [0.15, 0.2) is 0 Å². The van der Waals surface area contributed by atoms with E-state index < -0.39 is 0 Å². The van der Waals surface area contributed by atoms with Crippen LogP contribution in [-0.4, -0.2) is 12.6 Å². The van der Waals surface area contributed by atoms with Crippen molar-refractivity contribution in [2.24, 2.45) is 17.8 Å². The second-order valence-electron chi connectivity index (χ2n) is 5.29. The molecule has 2 aliphatic rings. The van der Waals surface area contributed by atoms with Crippen LogP contribution in [0.2, 0.25) is 0 Å². The fraction of sp³-hybridized carbons (Fsp3) is 1.00. The molecule has 2 saturated carbocycles. The zero-order chi connectivity index (χ0) is 9.97. The van der Waals surface area contributed by atoms with Crippen molar-refractivity contribution >= 4 is 0 Å². The fourth-order valence-corrected chi connectivity index (χ4v) is 3.28. The number of rotatable bonds is 6. The van der Waals surface area contributed by atoms with Crippen molar-refractivity contribution in [2.75, 3.05) is 6.54 Å². The van der Waals surface area contributed by atoms with Gasteiger partial charge in [0.1, 0.15) is 0 Å². The number of nitrogens with one attached hydrogen (secondary N) is 1. The monoisotopic (exact) mass is 195 g/mol. The molecule has 0 aliphatic heterocycles. The van der Waals surface area contributed by atoms with Gasteiger partial charge in [-0.25, -0.2) is 0 Å². The lowest BCUT2D eigenvalue weighted by molar-refractivity contribution is 0.317. The first-order valence-electron chi connectivity index (χ1n) is 6.58. The van der Waals surface area contributed by atoms with Crippen LogP contribution < -0.4 is 5.32 Å². The van der Waals surface area contributed by atoms with Gasteiger partial charge in [0, 0.05) is 6.04 Å². The molecule has 0 bridgehead atoms. The first-order chi connectivity index (χ1) is 6.85. The molecule has 2 aliphatic carbocycles. The van der Waals surface area contributed by atoms with Gasteiger partial charge in [0.05, 0.1) is 0 Å². The Morgan fingerprint density at radius 3 is 2.43 bits per heavy atom. The van der Waals surface area contributed by atoms with Gasteiger partial charge in [0.25, 0.3) is 0 Å². The Morgan fingerprint density at radius 1 is 1.14 bits per heavy atom. The van der Waals surface area contributed by atoms with E-state index >= 15 is 0 Å². The van der Waals surface area contributed by atoms with E-state index in [1.165, 1.54) is 32.1 Å². The van der Waals surface area contributed by atoms with Crippen LogP contribution in [0.5, 0.6) is 0 Å². The molecule has 0 amide bonds. The number of hydrogen-bond acceptors (Lipinski definition) is 1. The molecule has 2 rings (SSSR count). The maximum Gasteiger partial charge on any atom is 0.00954 e. The van der Waals surface area contributed by atoms with E-state index in [-0.39, 0.29) is 0 Å². The lowest BCUT2D eigenvalue weighted by Crippen LogP contribution is -2.35. The molecule has 3 unspecified atom stereocenters. The van der Waals surface area contributed by atoms with Crippen LogP contribution in [0.1, 0.15) is 52.4 Å². The number of hydrogen-bond donors (Lipinski definition) is 1. The molecule has 1 N–H and O–H groups in total. The van der Waals surface area contributed by atoms with Crippen LogP contribution in [0, 0.1) is 17.8 Å². The minimum atomic E-state index is 0.841. The predicted molar refractivity (Wildman–Crippen MR) is 61.3 cm³/mol. The maximum absolute atomic E-state index is 3.70. The van der Waals surface area contributed by atoms with Gasteiger partial charge in [-0.05, 0) is 50.0 Å². The molecular weight excluding hydrogens is 170 g/mol. The molecular formula is C13H25N. The first kappa shape index (κ1) is 10.5. The van der Waals surface area contributed by atoms with Crippen molar-refractivity contribution in [1.82, 2.24) is 5.32 Å². The summed E-state index contributed by atoms with van der Waals surface area (Å²) in [6.45, 7) is 5.70. The Kier molecular flexibility index (Phi) is 3.48. The van der Waals surface area contributed by atoms with E-state index in [9.17, 15) is 0 Å². The lowest BCUT2D eigenvalue weighted by Gasteiger charge is -2.25. The smallest absolute Gasteiger partial charge is 0.00954 e. The van der Waals surface area contributed by atoms with E-state index in [1.807, 2.05) is 0 Å². The molecule has 0 aromatic heterocycles. The third-order valence-electron chi connectivity index (χ3n) is 4.18. The van der Waals surface area contributed by atoms with Crippen molar-refractivity contribution in [3.63, 3.8) is 0 Å². The molecule has 82 valence electrons. The summed E-state index contributed by atoms with van der Waals surface area (Å²) in [7, 11) is 0. The van der Waals surface area contributed by atoms with Crippen molar-refractivity contribution in [2.45, 2.75) is 58.4 Å². The standard InChI is InChI=1S/C13H25N/c1-3-5-6-13(14-4-2)12-8-10-7-11(10)9-12/h10-14H,3-9H2,1-2H3. The molecule has 3 atom stereocenters. The Balaban J connectivity index is 1.76. The van der Waals surface area contributed by atoms with Crippen LogP contribution in [0.25, 0.3) is 0 Å². The summed E-state index contributed by atoms with van der Waals surface area (Å²) in [5.41, 5.74) is 0. The molecule has 0 saturated heterocycles. The molecule has 0 aromatic rings. The van der Waals surface area contributed by atoms with E-state index in [2.05, 4.69) is 19.2 Å². The van der Waals surface area contributed by atoms with Gasteiger partial charge in [-0.1, -0.05) is 26.7 Å². The third kappa shape index (κ3) is 2.31. The zero-order valence-electron chi connectivity index (χ0n) is 9.76. The second-order valence-corrected chi connectivity index (χ2v) is 5.29. The lowest BCUT2D eigenvalue weighted by atomic mass is 9.91. The molecule has 0 radical (unpaired) electrons. The van der Waals surface area contributed by atoms with Crippen LogP contribution in [0.4, 0.5) is 0 Å². The highest BCUT2D eigenvalue weighted by Crippen LogP contribution is 2.55. The fourth-order valence-electron chi connectivity index (χ4n) is 3.28. The summed E-state index contributed by atoms with van der Waals surface area (Å²) >= 11 is 0. The van der Waals surface area contributed by atoms with Crippen molar-refractivity contribution in [1.29, 1.82) is 0 Å². The average molecular weight is 195 g/mol. The summed E-state index contributed by atoms with van der Waals surface area (Å²) in [4.78, 5) is 0. The summed E-state index contributed by atoms with van der Waals surface area (Å²) in [6.07, 6.45) is 8.79. The van der Waals surface area contributed by atoms with Gasteiger partial charge >= 0.3 is 0 Å². The van der Waals surface area contributed by atoms with Gasteiger partial charge in [-0.3, -0.25) is 0 Å². The zero-order valence-corrected chi connectivity index (χ0v) is 9.76. The molecule has 14 heavy (non-hydrogen) atoms. The Morgan fingerprint density at radius 2 is 1.86 bits per heavy atom. The molecule has 0 aromatic carbocycles. The van der Waals surface area contributed by atoms with Gasteiger partial charge < -0.3 is 5.32 Å². The van der Waals surface area contributed by atoms with Crippen molar-refractivity contribution in [3.8, 4) is 0 Å². The highest BCUT2D eigenvalue weighted by molar-refractivity contribution is 4.99. The highest BCUT2D eigenvalue weighted by Gasteiger charge is 2.47. The average Bonchev–Trinajstić information content (AvgIpc) is 2.81. The largest absolute Gasteiger partial charge is 0.314 e. The summed E-state index contributed by atoms with van der Waals surface area (Å²) in [6, 6.07) is 0.841. The predicted octanol–water partition coefficient (Wildman–Crippen LogP) is 3.20. The van der Waals surface area contributed by atoms with Crippen LogP contribution in [-0.2, 0) is 0 Å². The van der Waals surface area contributed by atoms with E-state index in [1.54, 1.807) is 6.42 Å². The quantitative estimate of drug-likeness (QED) is 0.686. The van der Waals surface area contributed by atoms with Crippen molar-refractivity contribution < 1.29 is 0 Å². The molecule has 0 heterocycles. The topological polar surface area (TPSA) is 12.0 Å². The van der Waals surface area contributed by atoms with E-state index in [4.69, 9.17) is 0 Å². The highest BCUT2D eigenvalue weighted by atomic mass is 14.9. The summed E-state index contributed by atoms with van der Waals surface area (Å²) in [5.74, 6) is 3.30. The molecule has 2 fully saturated rings. The van der Waals surface area contributed by atoms with Gasteiger partial charge in [0.2, 0.25) is 0 Å². The summed E-state index contributed by atoms with van der Waals surface area (Å²) < 4.78 is 0. The normalized spacial score (nSPS) is 36.9. The van der Waals surface area contributed by atoms with Gasteiger partial charge in [-0.15, -0.1) is 0 Å². The van der Waals surface area contributed by atoms with Crippen molar-refractivity contribution in [3.05, 3.63) is 0 Å². The SMILES string of the molecule is CCCCC(NCC)C1CC2CC2C1. The van der Waals surface area contributed by atoms with Gasteiger partial charge in [-0.2, -0.15) is 0 Å². The maximum atomic E-state index is 3.70. The molecule has 0 spiro atoms. The third-order valence-corrected chi connectivity index (χ3v) is 4.18. The Hall–Kier alpha value is -0.0400. The number of unbranched alkanes of at least 4 members (excludes halogenated alkanes) is 1. The Bertz CT molecular complexity index is 168. The minimum Gasteiger partial charge on any atom is -0.314 e. The van der Waals surface area contributed by atoms with Crippen LogP contribution >= 0.6 is 0 Å². The second kappa shape index (κ2) is 4.65. The molecule has 1 nitrogen and oxygen atoms in total. The van der Waals surface area contributed by atoms with Crippen LogP contribution in [0.3, 0.4) is 0 Å². The van der Waals surface area contributed by atoms with Gasteiger partial charge in [0.15, 0.2) is 0 Å². The minimum absolute atomic E-state index is 0.841. The molecule has 1 heteroatoms. The van der Waals surface area contributed by atoms with E-state index in [0.717, 1.165) is 30.3 Å².